The van der Waals surface area contributed by atoms with E-state index >= 15 is 0 Å². The van der Waals surface area contributed by atoms with Crippen molar-refractivity contribution in [2.45, 2.75) is 12.8 Å². The van der Waals surface area contributed by atoms with Gasteiger partial charge in [0.15, 0.2) is 23.0 Å². The van der Waals surface area contributed by atoms with Gasteiger partial charge >= 0.3 is 0 Å². The molecule has 2 aromatic rings. The average molecular weight is 392 g/mol. The van der Waals surface area contributed by atoms with Crippen LogP contribution >= 0.6 is 0 Å². The molecule has 0 aromatic heterocycles. The van der Waals surface area contributed by atoms with E-state index in [0.717, 1.165) is 24.0 Å². The maximum absolute atomic E-state index is 9.01. The van der Waals surface area contributed by atoms with Crippen LogP contribution in [-0.4, -0.2) is 53.9 Å². The molecule has 7 heteroatoms. The number of rotatable bonds is 11. The quantitative estimate of drug-likeness (QED) is 0.630. The summed E-state index contributed by atoms with van der Waals surface area (Å²) in [6.45, 7) is 0.0761. The highest BCUT2D eigenvalue weighted by Gasteiger charge is 2.16. The van der Waals surface area contributed by atoms with E-state index in [-0.39, 0.29) is 13.2 Å². The number of hydrogen-bond acceptors (Lipinski definition) is 7. The van der Waals surface area contributed by atoms with Crippen LogP contribution in [0.4, 0.5) is 0 Å². The molecule has 2 aromatic carbocycles. The molecule has 28 heavy (non-hydrogen) atoms. The van der Waals surface area contributed by atoms with Crippen molar-refractivity contribution in [2.75, 3.05) is 48.8 Å². The molecule has 0 aliphatic carbocycles. The summed E-state index contributed by atoms with van der Waals surface area (Å²) in [5.74, 6) is 3.43. The minimum atomic E-state index is -0.0881. The topological polar surface area (TPSA) is 75.6 Å². The van der Waals surface area contributed by atoms with Crippen molar-refractivity contribution in [2.24, 2.45) is 0 Å². The molecule has 0 saturated carbocycles. The summed E-state index contributed by atoms with van der Waals surface area (Å²) in [5, 5.41) is 9.01. The van der Waals surface area contributed by atoms with Crippen molar-refractivity contribution in [1.82, 2.24) is 0 Å². The van der Waals surface area contributed by atoms with Gasteiger partial charge in [0.1, 0.15) is 6.61 Å². The first-order chi connectivity index (χ1) is 13.6. The van der Waals surface area contributed by atoms with Crippen LogP contribution in [0.15, 0.2) is 24.3 Å². The molecule has 0 unspecified atom stereocenters. The molecule has 0 bridgehead atoms. The summed E-state index contributed by atoms with van der Waals surface area (Å²) in [4.78, 5) is 0. The summed E-state index contributed by atoms with van der Waals surface area (Å²) in [7, 11) is 7.93. The van der Waals surface area contributed by atoms with Gasteiger partial charge in [0, 0.05) is 0 Å². The SMILES string of the molecule is COc1cc(CCc2cc(OC)c(OCCO)c(OC)c2)cc(OC)c1OC. The Morgan fingerprint density at radius 3 is 1.32 bits per heavy atom. The zero-order valence-corrected chi connectivity index (χ0v) is 17.0. The molecule has 0 heterocycles. The number of aliphatic hydroxyl groups excluding tert-OH is 1. The van der Waals surface area contributed by atoms with Crippen LogP contribution in [0.2, 0.25) is 0 Å². The molecule has 0 radical (unpaired) electrons. The lowest BCUT2D eigenvalue weighted by molar-refractivity contribution is 0.191. The lowest BCUT2D eigenvalue weighted by Crippen LogP contribution is -2.05. The van der Waals surface area contributed by atoms with Gasteiger partial charge in [-0.05, 0) is 48.2 Å². The van der Waals surface area contributed by atoms with Gasteiger partial charge in [0.05, 0.1) is 42.2 Å². The molecule has 0 aliphatic heterocycles. The smallest absolute Gasteiger partial charge is 0.203 e. The molecule has 1 N–H and O–H groups in total. The highest BCUT2D eigenvalue weighted by Crippen LogP contribution is 2.40. The van der Waals surface area contributed by atoms with Crippen molar-refractivity contribution >= 4 is 0 Å². The van der Waals surface area contributed by atoms with Crippen LogP contribution in [0.5, 0.6) is 34.5 Å². The minimum Gasteiger partial charge on any atom is -0.493 e. The molecule has 0 atom stereocenters. The van der Waals surface area contributed by atoms with Gasteiger partial charge in [0.25, 0.3) is 0 Å². The Hall–Kier alpha value is -2.80. The molecule has 0 spiro atoms. The van der Waals surface area contributed by atoms with Gasteiger partial charge in [0.2, 0.25) is 11.5 Å². The highest BCUT2D eigenvalue weighted by molar-refractivity contribution is 5.55. The molecule has 7 nitrogen and oxygen atoms in total. The van der Waals surface area contributed by atoms with Gasteiger partial charge in [-0.25, -0.2) is 0 Å². The van der Waals surface area contributed by atoms with Crippen LogP contribution in [-0.2, 0) is 12.8 Å². The fourth-order valence-corrected chi connectivity index (χ4v) is 2.94. The molecular formula is C21H28O7. The molecule has 0 saturated heterocycles. The summed E-state index contributed by atoms with van der Waals surface area (Å²) < 4.78 is 32.6. The van der Waals surface area contributed by atoms with E-state index in [2.05, 4.69) is 0 Å². The van der Waals surface area contributed by atoms with Crippen LogP contribution in [0, 0.1) is 0 Å². The lowest BCUT2D eigenvalue weighted by atomic mass is 10.0. The van der Waals surface area contributed by atoms with Gasteiger partial charge < -0.3 is 33.5 Å². The van der Waals surface area contributed by atoms with E-state index in [1.807, 2.05) is 24.3 Å². The van der Waals surface area contributed by atoms with E-state index in [4.69, 9.17) is 33.5 Å². The molecule has 2 rings (SSSR count). The van der Waals surface area contributed by atoms with Crippen LogP contribution in [0.25, 0.3) is 0 Å². The predicted molar refractivity (Wildman–Crippen MR) is 106 cm³/mol. The molecule has 154 valence electrons. The van der Waals surface area contributed by atoms with Crippen LogP contribution in [0.3, 0.4) is 0 Å². The number of aryl methyl sites for hydroxylation is 2. The standard InChI is InChI=1S/C21H28O7/c1-23-16-10-14(11-17(24-2)20(16)27-5)6-7-15-12-18(25-3)21(28-9-8-22)19(13-15)26-4/h10-13,22H,6-9H2,1-5H3. The first-order valence-electron chi connectivity index (χ1n) is 8.89. The Balaban J connectivity index is 2.26. The molecule has 0 fully saturated rings. The van der Waals surface area contributed by atoms with Crippen molar-refractivity contribution in [3.05, 3.63) is 35.4 Å². The zero-order valence-electron chi connectivity index (χ0n) is 17.0. The predicted octanol–water partition coefficient (Wildman–Crippen LogP) is 2.89. The Morgan fingerprint density at radius 2 is 1.00 bits per heavy atom. The van der Waals surface area contributed by atoms with E-state index in [9.17, 15) is 0 Å². The van der Waals surface area contributed by atoms with E-state index < -0.39 is 0 Å². The molecule has 0 amide bonds. The third-order valence-electron chi connectivity index (χ3n) is 4.28. The number of methoxy groups -OCH3 is 5. The molecular weight excluding hydrogens is 364 g/mol. The first-order valence-corrected chi connectivity index (χ1v) is 8.89. The maximum atomic E-state index is 9.01. The number of ether oxygens (including phenoxy) is 6. The number of aliphatic hydroxyl groups is 1. The minimum absolute atomic E-state index is 0.0881. The second kappa shape index (κ2) is 10.5. The van der Waals surface area contributed by atoms with Gasteiger partial charge in [-0.2, -0.15) is 0 Å². The van der Waals surface area contributed by atoms with Crippen molar-refractivity contribution in [3.8, 4) is 34.5 Å². The summed E-state index contributed by atoms with van der Waals surface area (Å²) >= 11 is 0. The Labute approximate surface area is 165 Å². The van der Waals surface area contributed by atoms with E-state index in [1.165, 1.54) is 0 Å². The summed E-state index contributed by atoms with van der Waals surface area (Å²) in [6, 6.07) is 7.70. The highest BCUT2D eigenvalue weighted by atomic mass is 16.5. The Morgan fingerprint density at radius 1 is 0.607 bits per heavy atom. The fraction of sp³-hybridized carbons (Fsp3) is 0.429. The Bertz CT molecular complexity index is 723. The van der Waals surface area contributed by atoms with E-state index in [1.54, 1.807) is 35.5 Å². The van der Waals surface area contributed by atoms with Crippen molar-refractivity contribution in [1.29, 1.82) is 0 Å². The largest absolute Gasteiger partial charge is 0.493 e. The third-order valence-corrected chi connectivity index (χ3v) is 4.28. The zero-order chi connectivity index (χ0) is 20.5. The van der Waals surface area contributed by atoms with Crippen molar-refractivity contribution in [3.63, 3.8) is 0 Å². The Kier molecular flexibility index (Phi) is 8.07. The third kappa shape index (κ3) is 4.92. The maximum Gasteiger partial charge on any atom is 0.203 e. The lowest BCUT2D eigenvalue weighted by Gasteiger charge is -2.16. The summed E-state index contributed by atoms with van der Waals surface area (Å²) in [6.07, 6.45) is 1.49. The normalized spacial score (nSPS) is 10.4. The monoisotopic (exact) mass is 392 g/mol. The second-order valence-corrected chi connectivity index (χ2v) is 5.94. The van der Waals surface area contributed by atoms with Gasteiger partial charge in [-0.3, -0.25) is 0 Å². The molecule has 0 aliphatic rings. The summed E-state index contributed by atoms with van der Waals surface area (Å²) in [5.41, 5.74) is 2.08. The average Bonchev–Trinajstić information content (AvgIpc) is 2.74. The van der Waals surface area contributed by atoms with Crippen LogP contribution < -0.4 is 28.4 Å². The first kappa shape index (κ1) is 21.5. The second-order valence-electron chi connectivity index (χ2n) is 5.94. The van der Waals surface area contributed by atoms with Crippen LogP contribution in [0.1, 0.15) is 11.1 Å². The van der Waals surface area contributed by atoms with Crippen molar-refractivity contribution < 1.29 is 33.5 Å². The van der Waals surface area contributed by atoms with Gasteiger partial charge in [-0.15, -0.1) is 0 Å². The number of hydrogen-bond donors (Lipinski definition) is 1. The number of benzene rings is 2. The van der Waals surface area contributed by atoms with Gasteiger partial charge in [-0.1, -0.05) is 0 Å². The van der Waals surface area contributed by atoms with E-state index in [0.29, 0.717) is 34.5 Å². The fourth-order valence-electron chi connectivity index (χ4n) is 2.94.